The van der Waals surface area contributed by atoms with Gasteiger partial charge in [-0.1, -0.05) is 12.8 Å². The Hall–Kier alpha value is -0.130. The molecule has 2 atom stereocenters. The van der Waals surface area contributed by atoms with E-state index in [2.05, 4.69) is 0 Å². The lowest BCUT2D eigenvalue weighted by Crippen LogP contribution is -2.32. The van der Waals surface area contributed by atoms with Crippen molar-refractivity contribution < 1.29 is 13.2 Å². The van der Waals surface area contributed by atoms with Crippen LogP contribution in [0, 0.1) is 0 Å². The molecule has 2 fully saturated rings. The van der Waals surface area contributed by atoms with E-state index in [1.165, 1.54) is 12.8 Å². The van der Waals surface area contributed by atoms with E-state index in [-0.39, 0.29) is 22.7 Å². The van der Waals surface area contributed by atoms with Crippen molar-refractivity contribution in [3.63, 3.8) is 0 Å². The van der Waals surface area contributed by atoms with Gasteiger partial charge in [-0.25, -0.2) is 8.42 Å². The van der Waals surface area contributed by atoms with Crippen LogP contribution < -0.4 is 5.73 Å². The Morgan fingerprint density at radius 1 is 1.33 bits per heavy atom. The number of rotatable bonds is 5. The molecule has 1 saturated carbocycles. The molecule has 2 N–H and O–H groups in total. The van der Waals surface area contributed by atoms with Crippen molar-refractivity contribution in [2.45, 2.75) is 68.8 Å². The zero-order chi connectivity index (χ0) is 13.2. The summed E-state index contributed by atoms with van der Waals surface area (Å²) in [6, 6.07) is 0. The second kappa shape index (κ2) is 5.47. The number of ether oxygens (including phenoxy) is 1. The summed E-state index contributed by atoms with van der Waals surface area (Å²) in [4.78, 5) is 0. The first kappa shape index (κ1) is 14.3. The Bertz CT molecular complexity index is 374. The van der Waals surface area contributed by atoms with E-state index in [4.69, 9.17) is 10.5 Å². The monoisotopic (exact) mass is 275 g/mol. The smallest absolute Gasteiger partial charge is 0.155 e. The molecule has 2 rings (SSSR count). The van der Waals surface area contributed by atoms with Gasteiger partial charge in [0.25, 0.3) is 0 Å². The van der Waals surface area contributed by atoms with Gasteiger partial charge >= 0.3 is 0 Å². The van der Waals surface area contributed by atoms with Gasteiger partial charge in [-0.2, -0.15) is 0 Å². The van der Waals surface area contributed by atoms with E-state index >= 15 is 0 Å². The Labute approximate surface area is 110 Å². The van der Waals surface area contributed by atoms with Gasteiger partial charge in [-0.3, -0.25) is 0 Å². The van der Waals surface area contributed by atoms with E-state index in [0.29, 0.717) is 13.0 Å². The van der Waals surface area contributed by atoms with Crippen LogP contribution in [0.1, 0.15) is 51.9 Å². The zero-order valence-corrected chi connectivity index (χ0v) is 12.0. The van der Waals surface area contributed by atoms with E-state index < -0.39 is 9.84 Å². The summed E-state index contributed by atoms with van der Waals surface area (Å²) >= 11 is 0. The molecule has 2 aliphatic rings. The van der Waals surface area contributed by atoms with E-state index in [1.807, 2.05) is 0 Å². The second-order valence-corrected chi connectivity index (χ2v) is 8.35. The third kappa shape index (κ3) is 3.06. The predicted molar refractivity (Wildman–Crippen MR) is 72.2 cm³/mol. The van der Waals surface area contributed by atoms with Gasteiger partial charge in [0.05, 0.1) is 22.7 Å². The van der Waals surface area contributed by atoms with Crippen molar-refractivity contribution in [2.75, 3.05) is 12.3 Å². The zero-order valence-electron chi connectivity index (χ0n) is 11.2. The molecule has 1 aliphatic carbocycles. The number of sulfone groups is 1. The van der Waals surface area contributed by atoms with Gasteiger partial charge in [0, 0.05) is 0 Å². The molecule has 4 nitrogen and oxygen atoms in total. The lowest BCUT2D eigenvalue weighted by atomic mass is 9.98. The Balaban J connectivity index is 1.91. The van der Waals surface area contributed by atoms with Crippen molar-refractivity contribution in [3.05, 3.63) is 0 Å². The molecule has 0 aromatic heterocycles. The minimum atomic E-state index is -3.06. The van der Waals surface area contributed by atoms with E-state index in [9.17, 15) is 8.42 Å². The maximum absolute atomic E-state index is 12.1. The molecule has 1 aliphatic heterocycles. The molecule has 0 aromatic rings. The van der Waals surface area contributed by atoms with Gasteiger partial charge in [0.15, 0.2) is 9.84 Å². The van der Waals surface area contributed by atoms with Gasteiger partial charge in [-0.15, -0.1) is 0 Å². The maximum Gasteiger partial charge on any atom is 0.155 e. The van der Waals surface area contributed by atoms with Gasteiger partial charge in [0.2, 0.25) is 0 Å². The Morgan fingerprint density at radius 3 is 2.61 bits per heavy atom. The standard InChI is InChI=1S/C13H25NO3S/c1-11(5-9-14)18(15,16)10-12-4-8-13(17-12)6-2-3-7-13/h11-12H,2-10,14H2,1H3. The molecule has 1 saturated heterocycles. The first-order valence-electron chi connectivity index (χ1n) is 7.07. The minimum absolute atomic E-state index is 0.0251. The normalized spacial score (nSPS) is 28.9. The Morgan fingerprint density at radius 2 is 2.00 bits per heavy atom. The molecule has 0 bridgehead atoms. The van der Waals surface area contributed by atoms with Crippen LogP contribution in [-0.4, -0.2) is 37.7 Å². The molecule has 2 unspecified atom stereocenters. The molecule has 106 valence electrons. The third-order valence-electron chi connectivity index (χ3n) is 4.46. The van der Waals surface area contributed by atoms with Crippen molar-refractivity contribution >= 4 is 9.84 Å². The molecule has 18 heavy (non-hydrogen) atoms. The molecule has 1 heterocycles. The van der Waals surface area contributed by atoms with Gasteiger partial charge in [0.1, 0.15) is 0 Å². The number of hydrogen-bond acceptors (Lipinski definition) is 4. The largest absolute Gasteiger partial charge is 0.371 e. The van der Waals surface area contributed by atoms with Crippen LogP contribution in [-0.2, 0) is 14.6 Å². The van der Waals surface area contributed by atoms with Crippen LogP contribution >= 0.6 is 0 Å². The summed E-state index contributed by atoms with van der Waals surface area (Å²) in [6.45, 7) is 2.18. The third-order valence-corrected chi connectivity index (χ3v) is 6.76. The van der Waals surface area contributed by atoms with Crippen LogP contribution in [0.15, 0.2) is 0 Å². The molecular weight excluding hydrogens is 250 g/mol. The van der Waals surface area contributed by atoms with Gasteiger partial charge < -0.3 is 10.5 Å². The molecule has 0 radical (unpaired) electrons. The summed E-state index contributed by atoms with van der Waals surface area (Å²) < 4.78 is 30.4. The van der Waals surface area contributed by atoms with Crippen molar-refractivity contribution in [3.8, 4) is 0 Å². The highest BCUT2D eigenvalue weighted by Crippen LogP contribution is 2.43. The summed E-state index contributed by atoms with van der Waals surface area (Å²) in [5.41, 5.74) is 5.46. The van der Waals surface area contributed by atoms with Crippen LogP contribution in [0.25, 0.3) is 0 Å². The minimum Gasteiger partial charge on any atom is -0.371 e. The average Bonchev–Trinajstić information content (AvgIpc) is 2.90. The van der Waals surface area contributed by atoms with Crippen LogP contribution in [0.2, 0.25) is 0 Å². The fourth-order valence-corrected chi connectivity index (χ4v) is 4.81. The van der Waals surface area contributed by atoms with Gasteiger partial charge in [-0.05, 0) is 45.6 Å². The van der Waals surface area contributed by atoms with Crippen molar-refractivity contribution in [2.24, 2.45) is 5.73 Å². The maximum atomic E-state index is 12.1. The average molecular weight is 275 g/mol. The summed E-state index contributed by atoms with van der Waals surface area (Å²) in [5.74, 6) is 0.177. The molecule has 5 heteroatoms. The lowest BCUT2D eigenvalue weighted by molar-refractivity contribution is -0.0273. The highest BCUT2D eigenvalue weighted by atomic mass is 32.2. The fraction of sp³-hybridized carbons (Fsp3) is 1.00. The highest BCUT2D eigenvalue weighted by molar-refractivity contribution is 7.92. The number of nitrogens with two attached hydrogens (primary N) is 1. The van der Waals surface area contributed by atoms with E-state index in [1.54, 1.807) is 6.92 Å². The van der Waals surface area contributed by atoms with Crippen molar-refractivity contribution in [1.29, 1.82) is 0 Å². The summed E-state index contributed by atoms with van der Waals surface area (Å²) in [5, 5.41) is -0.341. The lowest BCUT2D eigenvalue weighted by Gasteiger charge is -2.24. The molecule has 1 spiro atoms. The Kier molecular flexibility index (Phi) is 4.34. The van der Waals surface area contributed by atoms with E-state index in [0.717, 1.165) is 25.7 Å². The first-order chi connectivity index (χ1) is 8.47. The fourth-order valence-electron chi connectivity index (χ4n) is 3.24. The molecule has 0 amide bonds. The van der Waals surface area contributed by atoms with Crippen LogP contribution in [0.4, 0.5) is 0 Å². The quantitative estimate of drug-likeness (QED) is 0.828. The SMILES string of the molecule is CC(CCN)S(=O)(=O)CC1CCC2(CCCC2)O1. The first-order valence-corrected chi connectivity index (χ1v) is 8.78. The highest BCUT2D eigenvalue weighted by Gasteiger charge is 2.43. The number of hydrogen-bond donors (Lipinski definition) is 1. The predicted octanol–water partition coefficient (Wildman–Crippen LogP) is 1.63. The topological polar surface area (TPSA) is 69.4 Å². The molecular formula is C13H25NO3S. The van der Waals surface area contributed by atoms with Crippen LogP contribution in [0.5, 0.6) is 0 Å². The summed E-state index contributed by atoms with van der Waals surface area (Å²) in [7, 11) is -3.06. The van der Waals surface area contributed by atoms with Crippen LogP contribution in [0.3, 0.4) is 0 Å². The summed E-state index contributed by atoms with van der Waals surface area (Å²) in [6.07, 6.45) is 7.07. The second-order valence-electron chi connectivity index (χ2n) is 5.89. The van der Waals surface area contributed by atoms with Crippen molar-refractivity contribution in [1.82, 2.24) is 0 Å². The molecule has 0 aromatic carbocycles.